The van der Waals surface area contributed by atoms with Crippen LogP contribution in [-0.2, 0) is 16.0 Å². The number of aryl methyl sites for hydroxylation is 1. The molecule has 0 radical (unpaired) electrons. The van der Waals surface area contributed by atoms with E-state index < -0.39 is 17.7 Å². The van der Waals surface area contributed by atoms with Gasteiger partial charge in [0.05, 0.1) is 17.9 Å². The highest BCUT2D eigenvalue weighted by Crippen LogP contribution is 2.39. The van der Waals surface area contributed by atoms with Gasteiger partial charge in [0, 0.05) is 24.8 Å². The summed E-state index contributed by atoms with van der Waals surface area (Å²) in [5.41, 5.74) is 2.15. The van der Waals surface area contributed by atoms with E-state index in [0.717, 1.165) is 37.2 Å². The number of carbonyl (C=O) groups is 2. The number of amides is 1. The molecular weight excluding hydrogens is 406 g/mol. The number of nitrogens with zero attached hydrogens (tertiary/aromatic N) is 3. The fraction of sp³-hybridized carbons (Fsp3) is 0.400. The summed E-state index contributed by atoms with van der Waals surface area (Å²) in [6.45, 7) is 7.52. The molecule has 1 amide bonds. The van der Waals surface area contributed by atoms with Gasteiger partial charge in [0.1, 0.15) is 17.6 Å². The molecule has 7 nitrogen and oxygen atoms in total. The second-order valence-electron chi connectivity index (χ2n) is 8.05. The van der Waals surface area contributed by atoms with Crippen LogP contribution in [0.2, 0.25) is 0 Å². The first-order chi connectivity index (χ1) is 15.5. The van der Waals surface area contributed by atoms with Crippen molar-refractivity contribution in [3.8, 4) is 5.75 Å². The Bertz CT molecular complexity index is 1030. The smallest absolute Gasteiger partial charge is 0.295 e. The third-order valence-electron chi connectivity index (χ3n) is 6.24. The molecule has 7 heteroatoms. The van der Waals surface area contributed by atoms with Crippen LogP contribution in [0.4, 0.5) is 0 Å². The molecule has 1 unspecified atom stereocenters. The van der Waals surface area contributed by atoms with Crippen molar-refractivity contribution in [3.63, 3.8) is 0 Å². The number of fused-ring (bicyclic) bond motifs is 1. The van der Waals surface area contributed by atoms with Crippen molar-refractivity contribution in [2.75, 3.05) is 32.8 Å². The van der Waals surface area contributed by atoms with Crippen LogP contribution in [0.1, 0.15) is 43.1 Å². The van der Waals surface area contributed by atoms with E-state index in [1.54, 1.807) is 24.4 Å². The van der Waals surface area contributed by atoms with Gasteiger partial charge in [0.15, 0.2) is 0 Å². The summed E-state index contributed by atoms with van der Waals surface area (Å²) in [5.74, 6) is -0.645. The van der Waals surface area contributed by atoms with Crippen molar-refractivity contribution in [2.45, 2.75) is 32.7 Å². The van der Waals surface area contributed by atoms with Crippen molar-refractivity contribution in [3.05, 3.63) is 65.0 Å². The predicted molar refractivity (Wildman–Crippen MR) is 121 cm³/mol. The Balaban J connectivity index is 1.76. The van der Waals surface area contributed by atoms with E-state index in [1.807, 2.05) is 18.2 Å². The van der Waals surface area contributed by atoms with E-state index in [0.29, 0.717) is 31.0 Å². The minimum Gasteiger partial charge on any atom is -0.507 e. The van der Waals surface area contributed by atoms with Gasteiger partial charge in [-0.3, -0.25) is 14.6 Å². The molecule has 1 aromatic heterocycles. The summed E-state index contributed by atoms with van der Waals surface area (Å²) < 4.78 is 5.66. The number of benzene rings is 1. The molecule has 3 heterocycles. The summed E-state index contributed by atoms with van der Waals surface area (Å²) in [4.78, 5) is 34.3. The zero-order valence-electron chi connectivity index (χ0n) is 18.6. The first kappa shape index (κ1) is 22.0. The van der Waals surface area contributed by atoms with Crippen molar-refractivity contribution in [2.24, 2.45) is 0 Å². The van der Waals surface area contributed by atoms with Crippen molar-refractivity contribution in [1.29, 1.82) is 0 Å². The van der Waals surface area contributed by atoms with Crippen molar-refractivity contribution >= 4 is 17.4 Å². The van der Waals surface area contributed by atoms with Crippen LogP contribution in [0.3, 0.4) is 0 Å². The Kier molecular flexibility index (Phi) is 6.55. The van der Waals surface area contributed by atoms with Gasteiger partial charge < -0.3 is 19.6 Å². The molecule has 1 saturated heterocycles. The molecule has 1 fully saturated rings. The molecule has 4 rings (SSSR count). The average Bonchev–Trinajstić information content (AvgIpc) is 3.09. The van der Waals surface area contributed by atoms with Crippen molar-refractivity contribution in [1.82, 2.24) is 14.8 Å². The fourth-order valence-electron chi connectivity index (χ4n) is 4.41. The predicted octanol–water partition coefficient (Wildman–Crippen LogP) is 3.17. The highest BCUT2D eigenvalue weighted by molar-refractivity contribution is 6.46. The van der Waals surface area contributed by atoms with E-state index in [-0.39, 0.29) is 11.3 Å². The summed E-state index contributed by atoms with van der Waals surface area (Å²) in [7, 11) is 0. The number of Topliss-reactive ketones (excluding diaryl/α,β-unsaturated/α-hetero) is 1. The number of aliphatic hydroxyl groups is 1. The number of likely N-dealkylation sites (N-methyl/N-ethyl adjacent to an activating group) is 1. The first-order valence-electron chi connectivity index (χ1n) is 11.2. The normalized spacial score (nSPS) is 19.8. The molecule has 1 N–H and O–H groups in total. The molecule has 0 saturated carbocycles. The Morgan fingerprint density at radius 2 is 2.03 bits per heavy atom. The van der Waals surface area contributed by atoms with Crippen LogP contribution in [0.15, 0.2) is 48.2 Å². The summed E-state index contributed by atoms with van der Waals surface area (Å²) >= 11 is 0. The van der Waals surface area contributed by atoms with Gasteiger partial charge in [-0.1, -0.05) is 19.9 Å². The number of rotatable bonds is 7. The molecule has 0 bridgehead atoms. The Labute approximate surface area is 188 Å². The third kappa shape index (κ3) is 4.12. The lowest BCUT2D eigenvalue weighted by molar-refractivity contribution is -0.140. The third-order valence-corrected chi connectivity index (χ3v) is 6.24. The average molecular weight is 436 g/mol. The maximum atomic E-state index is 13.1. The number of ketones is 1. The lowest BCUT2D eigenvalue weighted by Crippen LogP contribution is -2.38. The van der Waals surface area contributed by atoms with Crippen LogP contribution in [0, 0.1) is 0 Å². The van der Waals surface area contributed by atoms with Gasteiger partial charge in [-0.25, -0.2) is 0 Å². The zero-order chi connectivity index (χ0) is 22.7. The Morgan fingerprint density at radius 1 is 1.22 bits per heavy atom. The first-order valence-corrected chi connectivity index (χ1v) is 11.2. The van der Waals surface area contributed by atoms with Gasteiger partial charge in [-0.15, -0.1) is 0 Å². The van der Waals surface area contributed by atoms with Gasteiger partial charge in [-0.05, 0) is 61.8 Å². The topological polar surface area (TPSA) is 83.0 Å². The van der Waals surface area contributed by atoms with Gasteiger partial charge in [-0.2, -0.15) is 0 Å². The number of hydrogen-bond acceptors (Lipinski definition) is 6. The maximum Gasteiger partial charge on any atom is 0.295 e. The molecule has 1 aromatic carbocycles. The minimum absolute atomic E-state index is 0.0879. The summed E-state index contributed by atoms with van der Waals surface area (Å²) in [6.07, 6.45) is 3.38. The molecule has 2 aliphatic heterocycles. The summed E-state index contributed by atoms with van der Waals surface area (Å²) in [6, 6.07) is 10.1. The van der Waals surface area contributed by atoms with Crippen molar-refractivity contribution < 1.29 is 19.4 Å². The number of carbonyl (C=O) groups excluding carboxylic acids is 2. The molecule has 0 aliphatic carbocycles. The van der Waals surface area contributed by atoms with Crippen LogP contribution in [0.25, 0.3) is 5.76 Å². The van der Waals surface area contributed by atoms with E-state index in [4.69, 9.17) is 4.74 Å². The number of aromatic nitrogens is 1. The van der Waals surface area contributed by atoms with Crippen LogP contribution < -0.4 is 4.74 Å². The highest BCUT2D eigenvalue weighted by Gasteiger charge is 2.46. The molecule has 32 heavy (non-hydrogen) atoms. The van der Waals surface area contributed by atoms with Gasteiger partial charge in [0.2, 0.25) is 0 Å². The molecule has 2 aromatic rings. The fourth-order valence-corrected chi connectivity index (χ4v) is 4.41. The second-order valence-corrected chi connectivity index (χ2v) is 8.05. The van der Waals surface area contributed by atoms with E-state index in [2.05, 4.69) is 23.7 Å². The lowest BCUT2D eigenvalue weighted by Gasteiger charge is -2.27. The number of aliphatic hydroxyl groups excluding tert-OH is 1. The molecule has 168 valence electrons. The van der Waals surface area contributed by atoms with Crippen LogP contribution >= 0.6 is 0 Å². The monoisotopic (exact) mass is 435 g/mol. The largest absolute Gasteiger partial charge is 0.507 e. The molecule has 1 atom stereocenters. The van der Waals surface area contributed by atoms with Crippen LogP contribution in [0.5, 0.6) is 5.75 Å². The Hall–Kier alpha value is -3.19. The molecule has 0 spiro atoms. The number of ether oxygens (including phenoxy) is 1. The number of hydrogen-bond donors (Lipinski definition) is 1. The van der Waals surface area contributed by atoms with Gasteiger partial charge in [0.25, 0.3) is 11.7 Å². The van der Waals surface area contributed by atoms with E-state index in [9.17, 15) is 14.7 Å². The standard InChI is InChI=1S/C25H29N3O4/c1-3-27(4-2)13-14-28-22(19-9-5-6-12-26-19)21(24(30)25(28)31)23(29)18-10-11-20-17(16-18)8-7-15-32-20/h5-6,9-12,16,22,29H,3-4,7-8,13-15H2,1-2H3/b23-21-. The zero-order valence-corrected chi connectivity index (χ0v) is 18.6. The summed E-state index contributed by atoms with van der Waals surface area (Å²) in [5, 5.41) is 11.2. The molecular formula is C25H29N3O4. The molecule has 2 aliphatic rings. The highest BCUT2D eigenvalue weighted by atomic mass is 16.5. The van der Waals surface area contributed by atoms with E-state index in [1.165, 1.54) is 4.90 Å². The second kappa shape index (κ2) is 9.53. The maximum absolute atomic E-state index is 13.1. The number of pyridine rings is 1. The van der Waals surface area contributed by atoms with E-state index >= 15 is 0 Å². The van der Waals surface area contributed by atoms with Crippen LogP contribution in [-0.4, -0.2) is 64.4 Å². The number of likely N-dealkylation sites (tertiary alicyclic amines) is 1. The SMILES string of the molecule is CCN(CC)CCN1C(=O)C(=O)/C(=C(\O)c2ccc3c(c2)CCCO3)C1c1ccccn1. The Morgan fingerprint density at radius 3 is 2.75 bits per heavy atom. The lowest BCUT2D eigenvalue weighted by atomic mass is 9.96. The van der Waals surface area contributed by atoms with Gasteiger partial charge >= 0.3 is 0 Å². The minimum atomic E-state index is -0.723. The quantitative estimate of drug-likeness (QED) is 0.409.